The van der Waals surface area contributed by atoms with E-state index in [1.165, 1.54) is 23.4 Å². The fourth-order valence-corrected chi connectivity index (χ4v) is 3.02. The Kier molecular flexibility index (Phi) is 5.63. The highest BCUT2D eigenvalue weighted by Crippen LogP contribution is 2.33. The molecule has 0 aliphatic carbocycles. The number of hydrogen-bond acceptors (Lipinski definition) is 5. The van der Waals surface area contributed by atoms with Gasteiger partial charge in [0.05, 0.1) is 29.1 Å². The third-order valence-corrected chi connectivity index (χ3v) is 4.38. The van der Waals surface area contributed by atoms with Crippen molar-refractivity contribution in [3.05, 3.63) is 58.9 Å². The smallest absolute Gasteiger partial charge is 0.416 e. The summed E-state index contributed by atoms with van der Waals surface area (Å²) in [4.78, 5) is 31.5. The number of aromatic nitrogens is 4. The third-order valence-electron chi connectivity index (χ3n) is 4.38. The van der Waals surface area contributed by atoms with Crippen LogP contribution in [0.4, 0.5) is 18.9 Å². The lowest BCUT2D eigenvalue weighted by atomic mass is 10.1. The van der Waals surface area contributed by atoms with Gasteiger partial charge in [0.15, 0.2) is 0 Å². The molecule has 0 unspecified atom stereocenters. The normalized spacial score (nSPS) is 11.4. The number of carbonyl (C=O) groups excluding carboxylic acids is 2. The number of rotatable bonds is 5. The van der Waals surface area contributed by atoms with E-state index in [0.29, 0.717) is 11.3 Å². The Morgan fingerprint density at radius 3 is 2.60 bits per heavy atom. The topological polar surface area (TPSA) is 102 Å². The zero-order chi connectivity index (χ0) is 22.1. The molecule has 0 saturated heterocycles. The van der Waals surface area contributed by atoms with Crippen molar-refractivity contribution in [2.75, 3.05) is 11.9 Å². The standard InChI is InChI=1S/C19H18F3N5O3/c1-4-30-18(29)15-10(2)16(25-11(15)3)17(28)26-13-7-12(19(20,21)22)5-6-14(13)27-9-23-8-24-27/h5-9,25H,4H2,1-3H3,(H,26,28). The molecule has 8 nitrogen and oxygen atoms in total. The first-order valence-corrected chi connectivity index (χ1v) is 8.87. The van der Waals surface area contributed by atoms with Gasteiger partial charge in [-0.1, -0.05) is 0 Å². The predicted molar refractivity (Wildman–Crippen MR) is 101 cm³/mol. The molecule has 2 N–H and O–H groups in total. The number of ether oxygens (including phenoxy) is 1. The van der Waals surface area contributed by atoms with Crippen molar-refractivity contribution >= 4 is 17.6 Å². The van der Waals surface area contributed by atoms with Crippen LogP contribution < -0.4 is 5.32 Å². The minimum Gasteiger partial charge on any atom is -0.462 e. The highest BCUT2D eigenvalue weighted by atomic mass is 19.4. The molecule has 2 heterocycles. The number of amides is 1. The van der Waals surface area contributed by atoms with Crippen molar-refractivity contribution in [3.63, 3.8) is 0 Å². The summed E-state index contributed by atoms with van der Waals surface area (Å²) in [7, 11) is 0. The van der Waals surface area contributed by atoms with Gasteiger partial charge in [0.2, 0.25) is 0 Å². The van der Waals surface area contributed by atoms with E-state index in [4.69, 9.17) is 4.74 Å². The maximum Gasteiger partial charge on any atom is 0.416 e. The van der Waals surface area contributed by atoms with Crippen molar-refractivity contribution in [1.82, 2.24) is 19.7 Å². The van der Waals surface area contributed by atoms with Gasteiger partial charge in [-0.05, 0) is 44.5 Å². The van der Waals surface area contributed by atoms with Gasteiger partial charge in [-0.25, -0.2) is 14.5 Å². The molecule has 0 fully saturated rings. The number of H-pyrrole nitrogens is 1. The highest BCUT2D eigenvalue weighted by Gasteiger charge is 2.32. The monoisotopic (exact) mass is 421 g/mol. The molecule has 0 saturated carbocycles. The van der Waals surface area contributed by atoms with Gasteiger partial charge in [-0.2, -0.15) is 18.3 Å². The molecule has 2 aromatic heterocycles. The van der Waals surface area contributed by atoms with E-state index in [9.17, 15) is 22.8 Å². The van der Waals surface area contributed by atoms with Crippen molar-refractivity contribution < 1.29 is 27.5 Å². The third kappa shape index (κ3) is 4.04. The average molecular weight is 421 g/mol. The molecule has 0 spiro atoms. The number of halogens is 3. The molecule has 0 atom stereocenters. The van der Waals surface area contributed by atoms with E-state index in [-0.39, 0.29) is 29.2 Å². The Morgan fingerprint density at radius 1 is 1.27 bits per heavy atom. The zero-order valence-corrected chi connectivity index (χ0v) is 16.3. The zero-order valence-electron chi connectivity index (χ0n) is 16.3. The van der Waals surface area contributed by atoms with E-state index in [1.54, 1.807) is 20.8 Å². The largest absolute Gasteiger partial charge is 0.462 e. The molecule has 0 aliphatic heterocycles. The molecule has 3 aromatic rings. The van der Waals surface area contributed by atoms with Gasteiger partial charge < -0.3 is 15.0 Å². The molecule has 0 aliphatic rings. The van der Waals surface area contributed by atoms with Crippen molar-refractivity contribution in [2.45, 2.75) is 26.9 Å². The molecule has 158 valence electrons. The molecule has 1 aromatic carbocycles. The number of alkyl halides is 3. The van der Waals surface area contributed by atoms with Gasteiger partial charge in [-0.15, -0.1) is 0 Å². The van der Waals surface area contributed by atoms with Crippen LogP contribution in [-0.2, 0) is 10.9 Å². The fourth-order valence-electron chi connectivity index (χ4n) is 3.02. The van der Waals surface area contributed by atoms with Crippen LogP contribution in [0.15, 0.2) is 30.9 Å². The lowest BCUT2D eigenvalue weighted by Crippen LogP contribution is -2.17. The SMILES string of the molecule is CCOC(=O)c1c(C)[nH]c(C(=O)Nc2cc(C(F)(F)F)ccc2-n2cncn2)c1C. The molecular formula is C19H18F3N5O3. The Morgan fingerprint density at radius 2 is 2.00 bits per heavy atom. The first-order valence-electron chi connectivity index (χ1n) is 8.87. The Hall–Kier alpha value is -3.63. The van der Waals surface area contributed by atoms with Gasteiger partial charge in [-0.3, -0.25) is 4.79 Å². The van der Waals surface area contributed by atoms with Gasteiger partial charge in [0, 0.05) is 5.69 Å². The molecule has 0 bridgehead atoms. The molecule has 11 heteroatoms. The van der Waals surface area contributed by atoms with E-state index in [0.717, 1.165) is 12.1 Å². The first-order chi connectivity index (χ1) is 14.1. The van der Waals surface area contributed by atoms with E-state index in [2.05, 4.69) is 20.4 Å². The Bertz CT molecular complexity index is 1090. The predicted octanol–water partition coefficient (Wildman–Crippen LogP) is 3.66. The second-order valence-corrected chi connectivity index (χ2v) is 6.37. The fraction of sp³-hybridized carbons (Fsp3) is 0.263. The van der Waals surface area contributed by atoms with Crippen LogP contribution in [0.5, 0.6) is 0 Å². The van der Waals surface area contributed by atoms with Crippen molar-refractivity contribution in [3.8, 4) is 5.69 Å². The summed E-state index contributed by atoms with van der Waals surface area (Å²) in [6.45, 7) is 4.97. The second-order valence-electron chi connectivity index (χ2n) is 6.37. The number of aryl methyl sites for hydroxylation is 1. The minimum absolute atomic E-state index is 0.0394. The van der Waals surface area contributed by atoms with Crippen molar-refractivity contribution in [1.29, 1.82) is 0 Å². The lowest BCUT2D eigenvalue weighted by molar-refractivity contribution is -0.137. The number of aromatic amines is 1. The van der Waals surface area contributed by atoms with Gasteiger partial charge in [0.25, 0.3) is 5.91 Å². The van der Waals surface area contributed by atoms with Crippen LogP contribution in [0, 0.1) is 13.8 Å². The lowest BCUT2D eigenvalue weighted by Gasteiger charge is -2.14. The van der Waals surface area contributed by atoms with Crippen molar-refractivity contribution in [2.24, 2.45) is 0 Å². The van der Waals surface area contributed by atoms with E-state index in [1.807, 2.05) is 0 Å². The summed E-state index contributed by atoms with van der Waals surface area (Å²) >= 11 is 0. The molecule has 1 amide bonds. The number of benzene rings is 1. The maximum absolute atomic E-state index is 13.2. The number of esters is 1. The van der Waals surface area contributed by atoms with Gasteiger partial charge >= 0.3 is 12.1 Å². The van der Waals surface area contributed by atoms with E-state index >= 15 is 0 Å². The summed E-state index contributed by atoms with van der Waals surface area (Å²) in [6, 6.07) is 2.88. The first kappa shape index (κ1) is 21.1. The quantitative estimate of drug-likeness (QED) is 0.612. The molecule has 0 radical (unpaired) electrons. The molecule has 30 heavy (non-hydrogen) atoms. The summed E-state index contributed by atoms with van der Waals surface area (Å²) < 4.78 is 45.8. The Labute approximate surface area is 169 Å². The number of nitrogens with one attached hydrogen (secondary N) is 2. The molecule has 3 rings (SSSR count). The Balaban J connectivity index is 2.01. The number of carbonyl (C=O) groups is 2. The van der Waals surface area contributed by atoms with Crippen LogP contribution >= 0.6 is 0 Å². The minimum atomic E-state index is -4.60. The van der Waals surface area contributed by atoms with Crippen LogP contribution in [0.1, 0.15) is 44.6 Å². The number of anilines is 1. The second kappa shape index (κ2) is 8.01. The maximum atomic E-state index is 13.2. The van der Waals surface area contributed by atoms with Crippen LogP contribution in [0.2, 0.25) is 0 Å². The summed E-state index contributed by atoms with van der Waals surface area (Å²) in [6.07, 6.45) is -2.09. The summed E-state index contributed by atoms with van der Waals surface area (Å²) in [5.74, 6) is -1.31. The number of hydrogen-bond donors (Lipinski definition) is 2. The van der Waals surface area contributed by atoms with Crippen LogP contribution in [0.3, 0.4) is 0 Å². The summed E-state index contributed by atoms with van der Waals surface area (Å²) in [5.41, 5.74) is 0.132. The van der Waals surface area contributed by atoms with Gasteiger partial charge in [0.1, 0.15) is 18.3 Å². The van der Waals surface area contributed by atoms with Crippen LogP contribution in [0.25, 0.3) is 5.69 Å². The van der Waals surface area contributed by atoms with Crippen LogP contribution in [-0.4, -0.2) is 38.2 Å². The van der Waals surface area contributed by atoms with E-state index < -0.39 is 23.6 Å². The number of nitrogens with zero attached hydrogens (tertiary/aromatic N) is 3. The molecular weight excluding hydrogens is 403 g/mol. The summed E-state index contributed by atoms with van der Waals surface area (Å²) in [5, 5.41) is 6.37. The average Bonchev–Trinajstić information content (AvgIpc) is 3.29. The highest BCUT2D eigenvalue weighted by molar-refractivity contribution is 6.07.